The molecule has 6 nitrogen and oxygen atoms in total. The minimum Gasteiger partial charge on any atom is -0.461 e. The lowest BCUT2D eigenvalue weighted by Gasteiger charge is -2.37. The Morgan fingerprint density at radius 1 is 0.800 bits per heavy atom. The van der Waals surface area contributed by atoms with E-state index in [9.17, 15) is 4.79 Å². The Morgan fingerprint density at radius 3 is 1.88 bits per heavy atom. The number of oxime groups is 1. The number of hydrogen-bond acceptors (Lipinski definition) is 6. The van der Waals surface area contributed by atoms with Gasteiger partial charge in [-0.25, -0.2) is 9.78 Å². The van der Waals surface area contributed by atoms with Crippen molar-refractivity contribution in [2.24, 2.45) is 5.16 Å². The summed E-state index contributed by atoms with van der Waals surface area (Å²) in [5.74, 6) is 0.0344. The van der Waals surface area contributed by atoms with E-state index < -0.39 is 11.5 Å². The van der Waals surface area contributed by atoms with Crippen LogP contribution in [0.4, 0.5) is 5.82 Å². The molecule has 1 heterocycles. The Balaban J connectivity index is 1.59. The molecule has 0 amide bonds. The fraction of sp³-hybridized carbons (Fsp3) is 0.265. The number of nitrogens with zero attached hydrogens (tertiary/aromatic N) is 2. The van der Waals surface area contributed by atoms with Gasteiger partial charge in [-0.3, -0.25) is 0 Å². The SMILES string of the molecule is CCOC(=O)C(=NOC1CCCCC1)c1cccc(NC(c2ccccc2)(c2ccccc2)c2ccccc2)n1. The third kappa shape index (κ3) is 6.07. The second-order valence-corrected chi connectivity index (χ2v) is 9.91. The van der Waals surface area contributed by atoms with E-state index in [1.54, 1.807) is 13.0 Å². The average Bonchev–Trinajstić information content (AvgIpc) is 3.02. The van der Waals surface area contributed by atoms with Gasteiger partial charge in [-0.15, -0.1) is 0 Å². The number of hydrogen-bond donors (Lipinski definition) is 1. The molecule has 40 heavy (non-hydrogen) atoms. The van der Waals surface area contributed by atoms with E-state index in [4.69, 9.17) is 14.6 Å². The Hall–Kier alpha value is -4.45. The first-order valence-corrected chi connectivity index (χ1v) is 14.0. The molecule has 3 aromatic carbocycles. The zero-order chi connectivity index (χ0) is 27.6. The van der Waals surface area contributed by atoms with Crippen molar-refractivity contribution in [3.05, 3.63) is 132 Å². The fourth-order valence-corrected chi connectivity index (χ4v) is 5.30. The third-order valence-electron chi connectivity index (χ3n) is 7.24. The molecule has 6 heteroatoms. The number of rotatable bonds is 10. The van der Waals surface area contributed by atoms with Crippen molar-refractivity contribution in [3.63, 3.8) is 0 Å². The number of pyridine rings is 1. The van der Waals surface area contributed by atoms with Crippen LogP contribution in [0, 0.1) is 0 Å². The van der Waals surface area contributed by atoms with Crippen LogP contribution in [0.5, 0.6) is 0 Å². The van der Waals surface area contributed by atoms with Gasteiger partial charge in [0.25, 0.3) is 0 Å². The van der Waals surface area contributed by atoms with E-state index in [-0.39, 0.29) is 18.4 Å². The first-order chi connectivity index (χ1) is 19.7. The normalized spacial score (nSPS) is 14.4. The summed E-state index contributed by atoms with van der Waals surface area (Å²) in [5, 5.41) is 8.05. The Labute approximate surface area is 236 Å². The summed E-state index contributed by atoms with van der Waals surface area (Å²) >= 11 is 0. The van der Waals surface area contributed by atoms with Crippen molar-refractivity contribution in [3.8, 4) is 0 Å². The Kier molecular flexibility index (Phi) is 8.86. The first kappa shape index (κ1) is 27.1. The lowest BCUT2D eigenvalue weighted by atomic mass is 9.77. The van der Waals surface area contributed by atoms with Crippen LogP contribution < -0.4 is 5.32 Å². The molecule has 0 aliphatic heterocycles. The molecule has 1 saturated carbocycles. The zero-order valence-electron chi connectivity index (χ0n) is 22.8. The Bertz CT molecular complexity index is 1310. The van der Waals surface area contributed by atoms with Gasteiger partial charge >= 0.3 is 5.97 Å². The maximum absolute atomic E-state index is 13.0. The van der Waals surface area contributed by atoms with Crippen LogP contribution in [0.1, 0.15) is 61.4 Å². The van der Waals surface area contributed by atoms with Gasteiger partial charge in [0, 0.05) is 0 Å². The van der Waals surface area contributed by atoms with Gasteiger partial charge in [-0.05, 0) is 61.4 Å². The number of anilines is 1. The maximum Gasteiger partial charge on any atom is 0.362 e. The topological polar surface area (TPSA) is 72.8 Å². The van der Waals surface area contributed by atoms with Crippen molar-refractivity contribution in [2.45, 2.75) is 50.7 Å². The summed E-state index contributed by atoms with van der Waals surface area (Å²) in [6.07, 6.45) is 5.28. The monoisotopic (exact) mass is 533 g/mol. The zero-order valence-corrected chi connectivity index (χ0v) is 22.8. The minimum absolute atomic E-state index is 0.00127. The molecule has 1 N–H and O–H groups in total. The van der Waals surface area contributed by atoms with Crippen LogP contribution in [0.25, 0.3) is 0 Å². The second kappa shape index (κ2) is 13.1. The van der Waals surface area contributed by atoms with Gasteiger partial charge in [0.1, 0.15) is 23.2 Å². The van der Waals surface area contributed by atoms with Crippen molar-refractivity contribution >= 4 is 17.5 Å². The van der Waals surface area contributed by atoms with Gasteiger partial charge in [0.2, 0.25) is 5.71 Å². The van der Waals surface area contributed by atoms with E-state index in [1.165, 1.54) is 6.42 Å². The minimum atomic E-state index is -0.755. The third-order valence-corrected chi connectivity index (χ3v) is 7.24. The molecule has 1 fully saturated rings. The summed E-state index contributed by atoms with van der Waals surface area (Å²) < 4.78 is 5.34. The van der Waals surface area contributed by atoms with E-state index in [1.807, 2.05) is 66.7 Å². The van der Waals surface area contributed by atoms with Crippen molar-refractivity contribution in [1.29, 1.82) is 0 Å². The highest BCUT2D eigenvalue weighted by molar-refractivity contribution is 6.42. The number of nitrogens with one attached hydrogen (secondary N) is 1. The standard InChI is InChI=1S/C34H35N3O3/c1-2-39-33(38)32(37-40-29-22-13-6-14-23-29)30-24-15-25-31(35-30)36-34(26-16-7-3-8-17-26,27-18-9-4-10-19-27)28-20-11-5-12-21-28/h3-5,7-12,15-21,24-25,29H,2,6,13-14,22-23H2,1H3,(H,35,36). The summed E-state index contributed by atoms with van der Waals surface area (Å²) in [6.45, 7) is 2.01. The second-order valence-electron chi connectivity index (χ2n) is 9.91. The lowest BCUT2D eigenvalue weighted by Crippen LogP contribution is -2.38. The molecule has 0 spiro atoms. The molecule has 0 radical (unpaired) electrons. The number of benzene rings is 3. The molecule has 0 bridgehead atoms. The van der Waals surface area contributed by atoms with Gasteiger partial charge < -0.3 is 14.9 Å². The maximum atomic E-state index is 13.0. The van der Waals surface area contributed by atoms with Crippen LogP contribution >= 0.6 is 0 Å². The molecule has 0 unspecified atom stereocenters. The van der Waals surface area contributed by atoms with Crippen molar-refractivity contribution in [1.82, 2.24) is 4.98 Å². The quantitative estimate of drug-likeness (QED) is 0.102. The number of ether oxygens (including phenoxy) is 1. The van der Waals surface area contributed by atoms with E-state index >= 15 is 0 Å². The molecule has 1 aromatic heterocycles. The molecule has 5 rings (SSSR count). The van der Waals surface area contributed by atoms with Gasteiger partial charge in [0.05, 0.1) is 6.61 Å². The number of esters is 1. The highest BCUT2D eigenvalue weighted by Gasteiger charge is 2.37. The van der Waals surface area contributed by atoms with Crippen LogP contribution in [0.2, 0.25) is 0 Å². The van der Waals surface area contributed by atoms with E-state index in [0.717, 1.165) is 42.4 Å². The van der Waals surface area contributed by atoms with E-state index in [0.29, 0.717) is 11.5 Å². The summed E-state index contributed by atoms with van der Waals surface area (Å²) in [5.41, 5.74) is 2.87. The van der Waals surface area contributed by atoms with Crippen LogP contribution in [0.3, 0.4) is 0 Å². The lowest BCUT2D eigenvalue weighted by molar-refractivity contribution is -0.135. The van der Waals surface area contributed by atoms with Gasteiger partial charge in [-0.2, -0.15) is 0 Å². The smallest absolute Gasteiger partial charge is 0.362 e. The predicted octanol–water partition coefficient (Wildman–Crippen LogP) is 7.10. The van der Waals surface area contributed by atoms with Crippen LogP contribution in [-0.2, 0) is 19.9 Å². The first-order valence-electron chi connectivity index (χ1n) is 14.0. The fourth-order valence-electron chi connectivity index (χ4n) is 5.30. The molecule has 1 aliphatic rings. The van der Waals surface area contributed by atoms with Gasteiger partial charge in [0.15, 0.2) is 0 Å². The molecular weight excluding hydrogens is 498 g/mol. The average molecular weight is 534 g/mol. The van der Waals surface area contributed by atoms with Crippen LogP contribution in [0.15, 0.2) is 114 Å². The summed E-state index contributed by atoms with van der Waals surface area (Å²) in [6, 6.07) is 36.5. The van der Waals surface area contributed by atoms with Gasteiger partial charge in [-0.1, -0.05) is 109 Å². The molecule has 0 saturated heterocycles. The predicted molar refractivity (Wildman–Crippen MR) is 158 cm³/mol. The molecule has 1 aliphatic carbocycles. The highest BCUT2D eigenvalue weighted by Crippen LogP contribution is 2.39. The molecule has 204 valence electrons. The summed E-state index contributed by atoms with van der Waals surface area (Å²) in [4.78, 5) is 23.7. The highest BCUT2D eigenvalue weighted by atomic mass is 16.6. The van der Waals surface area contributed by atoms with E-state index in [2.05, 4.69) is 46.9 Å². The largest absolute Gasteiger partial charge is 0.461 e. The number of carbonyl (C=O) groups is 1. The van der Waals surface area contributed by atoms with Crippen molar-refractivity contribution in [2.75, 3.05) is 11.9 Å². The molecular formula is C34H35N3O3. The molecule has 0 atom stereocenters. The number of carbonyl (C=O) groups excluding carboxylic acids is 1. The Morgan fingerprint density at radius 2 is 1.35 bits per heavy atom. The van der Waals surface area contributed by atoms with Crippen LogP contribution in [-0.4, -0.2) is 29.4 Å². The molecule has 4 aromatic rings. The number of aromatic nitrogens is 1. The van der Waals surface area contributed by atoms with Crippen molar-refractivity contribution < 1.29 is 14.4 Å². The summed E-state index contributed by atoms with van der Waals surface area (Å²) in [7, 11) is 0.